The van der Waals surface area contributed by atoms with E-state index in [1.807, 2.05) is 44.2 Å². The summed E-state index contributed by atoms with van der Waals surface area (Å²) < 4.78 is 0. The van der Waals surface area contributed by atoms with Gasteiger partial charge in [-0.1, -0.05) is 47.5 Å². The van der Waals surface area contributed by atoms with Crippen molar-refractivity contribution in [3.8, 4) is 0 Å². The van der Waals surface area contributed by atoms with Gasteiger partial charge in [0.1, 0.15) is 0 Å². The minimum atomic E-state index is 0.00253. The van der Waals surface area contributed by atoms with Gasteiger partial charge in [0.15, 0.2) is 0 Å². The topological polar surface area (TPSA) is 29.1 Å². The Morgan fingerprint density at radius 2 is 1.63 bits per heavy atom. The lowest BCUT2D eigenvalue weighted by Crippen LogP contribution is -2.25. The number of amides is 1. The molecular weight excluding hydrogens is 234 g/mol. The Morgan fingerprint density at radius 1 is 1.00 bits per heavy atom. The molecule has 0 unspecified atom stereocenters. The summed E-state index contributed by atoms with van der Waals surface area (Å²) in [6.45, 7) is 4.68. The van der Waals surface area contributed by atoms with Crippen LogP contribution in [0, 0.1) is 13.8 Å². The molecule has 0 bridgehead atoms. The zero-order valence-electron chi connectivity index (χ0n) is 11.4. The molecule has 0 atom stereocenters. The molecule has 0 aliphatic rings. The van der Waals surface area contributed by atoms with E-state index in [0.29, 0.717) is 6.54 Å². The molecule has 2 heteroatoms. The van der Waals surface area contributed by atoms with E-state index in [4.69, 9.17) is 0 Å². The second-order valence-electron chi connectivity index (χ2n) is 4.87. The van der Waals surface area contributed by atoms with Crippen LogP contribution >= 0.6 is 0 Å². The first-order valence-corrected chi connectivity index (χ1v) is 6.55. The third-order valence-electron chi connectivity index (χ3n) is 3.03. The van der Waals surface area contributed by atoms with E-state index in [0.717, 1.165) is 23.1 Å². The van der Waals surface area contributed by atoms with E-state index in [9.17, 15) is 4.79 Å². The molecule has 0 aliphatic heterocycles. The molecule has 0 saturated carbocycles. The summed E-state index contributed by atoms with van der Waals surface area (Å²) in [6.07, 6.45) is 0.859. The molecule has 0 aliphatic carbocycles. The third kappa shape index (κ3) is 3.95. The average Bonchev–Trinajstić information content (AvgIpc) is 2.38. The van der Waals surface area contributed by atoms with Gasteiger partial charge in [-0.3, -0.25) is 4.79 Å². The first-order chi connectivity index (χ1) is 9.15. The van der Waals surface area contributed by atoms with Gasteiger partial charge in [-0.15, -0.1) is 0 Å². The van der Waals surface area contributed by atoms with E-state index in [-0.39, 0.29) is 5.91 Å². The number of rotatable bonds is 4. The highest BCUT2D eigenvalue weighted by Crippen LogP contribution is 2.08. The summed E-state index contributed by atoms with van der Waals surface area (Å²) >= 11 is 0. The van der Waals surface area contributed by atoms with Gasteiger partial charge in [0.25, 0.3) is 5.91 Å². The first-order valence-electron chi connectivity index (χ1n) is 6.55. The SMILES string of the molecule is Cc1cc(C)cc(C(=O)NCCc2ccccc2)c1. The monoisotopic (exact) mass is 253 g/mol. The second kappa shape index (κ2) is 6.19. The van der Waals surface area contributed by atoms with Gasteiger partial charge in [0, 0.05) is 12.1 Å². The highest BCUT2D eigenvalue weighted by molar-refractivity contribution is 5.94. The van der Waals surface area contributed by atoms with Gasteiger partial charge >= 0.3 is 0 Å². The summed E-state index contributed by atoms with van der Waals surface area (Å²) in [4.78, 5) is 12.0. The molecular formula is C17H19NO. The molecule has 0 aromatic heterocycles. The van der Waals surface area contributed by atoms with E-state index in [1.165, 1.54) is 5.56 Å². The quantitative estimate of drug-likeness (QED) is 0.890. The number of carbonyl (C=O) groups is 1. The van der Waals surface area contributed by atoms with Crippen molar-refractivity contribution < 1.29 is 4.79 Å². The molecule has 98 valence electrons. The van der Waals surface area contributed by atoms with Gasteiger partial charge in [0.05, 0.1) is 0 Å². The molecule has 0 spiro atoms. The fourth-order valence-corrected chi connectivity index (χ4v) is 2.17. The zero-order valence-corrected chi connectivity index (χ0v) is 11.4. The molecule has 2 rings (SSSR count). The molecule has 0 fully saturated rings. The number of hydrogen-bond acceptors (Lipinski definition) is 1. The van der Waals surface area contributed by atoms with Crippen molar-refractivity contribution in [1.82, 2.24) is 5.32 Å². The third-order valence-corrected chi connectivity index (χ3v) is 3.03. The first kappa shape index (κ1) is 13.3. The zero-order chi connectivity index (χ0) is 13.7. The lowest BCUT2D eigenvalue weighted by molar-refractivity contribution is 0.0954. The highest BCUT2D eigenvalue weighted by atomic mass is 16.1. The maximum atomic E-state index is 12.0. The van der Waals surface area contributed by atoms with Crippen LogP contribution in [0.15, 0.2) is 48.5 Å². The fourth-order valence-electron chi connectivity index (χ4n) is 2.17. The van der Waals surface area contributed by atoms with Crippen LogP contribution in [0.4, 0.5) is 0 Å². The van der Waals surface area contributed by atoms with Crippen molar-refractivity contribution in [1.29, 1.82) is 0 Å². The van der Waals surface area contributed by atoms with Crippen LogP contribution in [0.3, 0.4) is 0 Å². The molecule has 2 aromatic rings. The van der Waals surface area contributed by atoms with Crippen LogP contribution in [0.1, 0.15) is 27.0 Å². The molecule has 0 saturated heterocycles. The van der Waals surface area contributed by atoms with E-state index >= 15 is 0 Å². The van der Waals surface area contributed by atoms with Crippen LogP contribution in [-0.4, -0.2) is 12.5 Å². The Bertz CT molecular complexity index is 540. The Labute approximate surface area is 114 Å². The number of aryl methyl sites for hydroxylation is 2. The van der Waals surface area contributed by atoms with Crippen LogP contribution in [-0.2, 0) is 6.42 Å². The molecule has 0 heterocycles. The predicted molar refractivity (Wildman–Crippen MR) is 78.4 cm³/mol. The Hall–Kier alpha value is -2.09. The van der Waals surface area contributed by atoms with Crippen LogP contribution in [0.25, 0.3) is 0 Å². The largest absolute Gasteiger partial charge is 0.352 e. The summed E-state index contributed by atoms with van der Waals surface area (Å²) in [7, 11) is 0. The van der Waals surface area contributed by atoms with E-state index in [1.54, 1.807) is 0 Å². The average molecular weight is 253 g/mol. The summed E-state index contributed by atoms with van der Waals surface area (Å²) in [5.74, 6) is 0.00253. The number of carbonyl (C=O) groups excluding carboxylic acids is 1. The molecule has 19 heavy (non-hydrogen) atoms. The van der Waals surface area contributed by atoms with Gasteiger partial charge in [-0.2, -0.15) is 0 Å². The van der Waals surface area contributed by atoms with Gasteiger partial charge in [-0.05, 0) is 38.0 Å². The normalized spacial score (nSPS) is 10.2. The lowest BCUT2D eigenvalue weighted by atomic mass is 10.1. The van der Waals surface area contributed by atoms with Crippen LogP contribution in [0.5, 0.6) is 0 Å². The predicted octanol–water partition coefficient (Wildman–Crippen LogP) is 3.28. The van der Waals surface area contributed by atoms with Crippen molar-refractivity contribution >= 4 is 5.91 Å². The van der Waals surface area contributed by atoms with Crippen molar-refractivity contribution in [2.45, 2.75) is 20.3 Å². The fraction of sp³-hybridized carbons (Fsp3) is 0.235. The second-order valence-corrected chi connectivity index (χ2v) is 4.87. The van der Waals surface area contributed by atoms with Crippen molar-refractivity contribution in [3.63, 3.8) is 0 Å². The Kier molecular flexibility index (Phi) is 4.35. The van der Waals surface area contributed by atoms with Gasteiger partial charge in [0.2, 0.25) is 0 Å². The number of hydrogen-bond donors (Lipinski definition) is 1. The Morgan fingerprint density at radius 3 is 2.26 bits per heavy atom. The van der Waals surface area contributed by atoms with E-state index in [2.05, 4.69) is 23.5 Å². The smallest absolute Gasteiger partial charge is 0.251 e. The van der Waals surface area contributed by atoms with Crippen LogP contribution in [0.2, 0.25) is 0 Å². The Balaban J connectivity index is 1.91. The molecule has 2 nitrogen and oxygen atoms in total. The molecule has 1 amide bonds. The molecule has 1 N–H and O–H groups in total. The van der Waals surface area contributed by atoms with Crippen molar-refractivity contribution in [3.05, 3.63) is 70.8 Å². The minimum absolute atomic E-state index is 0.00253. The maximum Gasteiger partial charge on any atom is 0.251 e. The van der Waals surface area contributed by atoms with Crippen molar-refractivity contribution in [2.75, 3.05) is 6.54 Å². The van der Waals surface area contributed by atoms with Crippen molar-refractivity contribution in [2.24, 2.45) is 0 Å². The summed E-state index contributed by atoms with van der Waals surface area (Å²) in [6, 6.07) is 16.1. The maximum absolute atomic E-state index is 12.0. The highest BCUT2D eigenvalue weighted by Gasteiger charge is 2.05. The lowest BCUT2D eigenvalue weighted by Gasteiger charge is -2.07. The summed E-state index contributed by atoms with van der Waals surface area (Å²) in [5, 5.41) is 2.96. The number of benzene rings is 2. The van der Waals surface area contributed by atoms with Gasteiger partial charge in [-0.25, -0.2) is 0 Å². The number of nitrogens with one attached hydrogen (secondary N) is 1. The standard InChI is InChI=1S/C17H19NO/c1-13-10-14(2)12-16(11-13)17(19)18-9-8-15-6-4-3-5-7-15/h3-7,10-12H,8-9H2,1-2H3,(H,18,19). The molecule has 2 aromatic carbocycles. The van der Waals surface area contributed by atoms with Crippen LogP contribution < -0.4 is 5.32 Å². The minimum Gasteiger partial charge on any atom is -0.352 e. The molecule has 0 radical (unpaired) electrons. The van der Waals surface area contributed by atoms with E-state index < -0.39 is 0 Å². The van der Waals surface area contributed by atoms with Gasteiger partial charge < -0.3 is 5.32 Å². The summed E-state index contributed by atoms with van der Waals surface area (Å²) in [5.41, 5.74) is 4.22.